The lowest BCUT2D eigenvalue weighted by Crippen LogP contribution is -2.46. The number of aliphatic hydroxyl groups is 1. The van der Waals surface area contributed by atoms with Gasteiger partial charge in [-0.15, -0.1) is 5.10 Å². The van der Waals surface area contributed by atoms with Crippen LogP contribution in [0.5, 0.6) is 0 Å². The van der Waals surface area contributed by atoms with Gasteiger partial charge in [-0.05, 0) is 0 Å². The second-order valence-electron chi connectivity index (χ2n) is 5.64. The highest BCUT2D eigenvalue weighted by atomic mass is 28.3. The fourth-order valence-electron chi connectivity index (χ4n) is 2.19. The summed E-state index contributed by atoms with van der Waals surface area (Å²) in [6.45, 7) is 6.89. The van der Waals surface area contributed by atoms with E-state index in [4.69, 9.17) is 5.11 Å². The van der Waals surface area contributed by atoms with Crippen molar-refractivity contribution in [2.24, 2.45) is 0 Å². The van der Waals surface area contributed by atoms with E-state index in [1.54, 1.807) is 10.9 Å². The first-order valence-corrected chi connectivity index (χ1v) is 9.37. The first-order chi connectivity index (χ1) is 8.30. The summed E-state index contributed by atoms with van der Waals surface area (Å²) in [7, 11) is -1.61. The summed E-state index contributed by atoms with van der Waals surface area (Å²) in [6.07, 6.45) is -0.00772. The molecule has 0 spiro atoms. The van der Waals surface area contributed by atoms with Gasteiger partial charge in [0, 0.05) is 11.9 Å². The predicted octanol–water partition coefficient (Wildman–Crippen LogP) is -0.281. The smallest absolute Gasteiger partial charge is 0.407 e. The third-order valence-corrected chi connectivity index (χ3v) is 5.08. The summed E-state index contributed by atoms with van der Waals surface area (Å²) >= 11 is 0. The third kappa shape index (κ3) is 2.25. The van der Waals surface area contributed by atoms with Crippen molar-refractivity contribution in [3.05, 3.63) is 6.20 Å². The SMILES string of the molecule is C[Si](C)(C)c1cnnn1[C@H]1CN(C(=O)O)C[C@@H]1O. The summed E-state index contributed by atoms with van der Waals surface area (Å²) in [5.41, 5.74) is 0. The topological polar surface area (TPSA) is 91.5 Å². The van der Waals surface area contributed by atoms with Crippen molar-refractivity contribution in [1.29, 1.82) is 0 Å². The van der Waals surface area contributed by atoms with E-state index in [9.17, 15) is 9.90 Å². The number of rotatable bonds is 2. The molecular formula is C10H18N4O3Si. The molecule has 2 rings (SSSR count). The number of hydrogen-bond donors (Lipinski definition) is 2. The number of aliphatic hydroxyl groups excluding tert-OH is 1. The van der Waals surface area contributed by atoms with Crippen molar-refractivity contribution in [2.75, 3.05) is 13.1 Å². The van der Waals surface area contributed by atoms with Crippen LogP contribution in [0.3, 0.4) is 0 Å². The highest BCUT2D eigenvalue weighted by molar-refractivity contribution is 6.88. The Hall–Kier alpha value is -1.41. The van der Waals surface area contributed by atoms with Gasteiger partial charge in [-0.2, -0.15) is 0 Å². The van der Waals surface area contributed by atoms with Crippen LogP contribution in [-0.4, -0.2) is 63.5 Å². The summed E-state index contributed by atoms with van der Waals surface area (Å²) < 4.78 is 1.71. The predicted molar refractivity (Wildman–Crippen MR) is 67.6 cm³/mol. The van der Waals surface area contributed by atoms with Crippen molar-refractivity contribution < 1.29 is 15.0 Å². The molecule has 0 radical (unpaired) electrons. The molecule has 0 bridgehead atoms. The van der Waals surface area contributed by atoms with Gasteiger partial charge in [0.15, 0.2) is 0 Å². The maximum absolute atomic E-state index is 10.9. The Bertz CT molecular complexity index is 456. The van der Waals surface area contributed by atoms with E-state index < -0.39 is 20.3 Å². The van der Waals surface area contributed by atoms with Gasteiger partial charge >= 0.3 is 6.09 Å². The molecule has 1 fully saturated rings. The van der Waals surface area contributed by atoms with Crippen LogP contribution in [0, 0.1) is 0 Å². The van der Waals surface area contributed by atoms with E-state index >= 15 is 0 Å². The van der Waals surface area contributed by atoms with Gasteiger partial charge in [0.25, 0.3) is 0 Å². The van der Waals surface area contributed by atoms with E-state index in [0.717, 1.165) is 5.32 Å². The van der Waals surface area contributed by atoms with Crippen molar-refractivity contribution in [3.8, 4) is 0 Å². The zero-order valence-corrected chi connectivity index (χ0v) is 11.7. The molecule has 8 heteroatoms. The Labute approximate surface area is 106 Å². The zero-order chi connectivity index (χ0) is 13.5. The number of aromatic nitrogens is 3. The Morgan fingerprint density at radius 3 is 2.61 bits per heavy atom. The van der Waals surface area contributed by atoms with Crippen LogP contribution in [-0.2, 0) is 0 Å². The number of likely N-dealkylation sites (tertiary alicyclic amines) is 1. The van der Waals surface area contributed by atoms with Crippen molar-refractivity contribution >= 4 is 19.5 Å². The molecule has 2 atom stereocenters. The molecule has 2 heterocycles. The van der Waals surface area contributed by atoms with Gasteiger partial charge in [-0.25, -0.2) is 9.48 Å². The molecule has 2 N–H and O–H groups in total. The summed E-state index contributed by atoms with van der Waals surface area (Å²) in [5.74, 6) is 0. The Morgan fingerprint density at radius 1 is 1.44 bits per heavy atom. The molecular weight excluding hydrogens is 252 g/mol. The molecule has 100 valence electrons. The van der Waals surface area contributed by atoms with E-state index in [0.29, 0.717) is 0 Å². The van der Waals surface area contributed by atoms with Crippen LogP contribution in [0.4, 0.5) is 4.79 Å². The summed E-state index contributed by atoms with van der Waals surface area (Å²) in [6, 6.07) is -0.328. The van der Waals surface area contributed by atoms with Crippen molar-refractivity contribution in [1.82, 2.24) is 19.9 Å². The minimum absolute atomic E-state index is 0.130. The fraction of sp³-hybridized carbons (Fsp3) is 0.700. The molecule has 1 saturated heterocycles. The molecule has 0 aliphatic carbocycles. The van der Waals surface area contributed by atoms with Gasteiger partial charge < -0.3 is 15.1 Å². The minimum atomic E-state index is -1.61. The van der Waals surface area contributed by atoms with Crippen LogP contribution < -0.4 is 5.32 Å². The molecule has 1 aliphatic rings. The van der Waals surface area contributed by atoms with E-state index in [1.165, 1.54) is 4.90 Å². The Morgan fingerprint density at radius 2 is 2.11 bits per heavy atom. The monoisotopic (exact) mass is 270 g/mol. The normalized spacial score (nSPS) is 24.6. The lowest BCUT2D eigenvalue weighted by molar-refractivity contribution is 0.130. The number of carbonyl (C=O) groups is 1. The molecule has 7 nitrogen and oxygen atoms in total. The van der Waals surface area contributed by atoms with Gasteiger partial charge in [0.05, 0.1) is 24.9 Å². The molecule has 1 aliphatic heterocycles. The maximum atomic E-state index is 10.9. The molecule has 18 heavy (non-hydrogen) atoms. The second kappa shape index (κ2) is 4.36. The molecule has 1 amide bonds. The first kappa shape index (κ1) is 13.0. The minimum Gasteiger partial charge on any atom is -0.465 e. The van der Waals surface area contributed by atoms with Gasteiger partial charge in [0.1, 0.15) is 8.07 Å². The highest BCUT2D eigenvalue weighted by Gasteiger charge is 2.38. The number of hydrogen-bond acceptors (Lipinski definition) is 4. The Kier molecular flexibility index (Phi) is 3.15. The quantitative estimate of drug-likeness (QED) is 0.721. The standard InChI is InChI=1S/C10H18N4O3Si/c1-18(2,3)9-4-11-12-14(9)7-5-13(10(16)17)6-8(7)15/h4,7-8,15H,5-6H2,1-3H3,(H,16,17)/t7-,8-/m0/s1. The summed E-state index contributed by atoms with van der Waals surface area (Å²) in [5, 5.41) is 27.9. The lowest BCUT2D eigenvalue weighted by Gasteiger charge is -2.22. The largest absolute Gasteiger partial charge is 0.465 e. The van der Waals surface area contributed by atoms with Crippen LogP contribution >= 0.6 is 0 Å². The molecule has 0 saturated carbocycles. The lowest BCUT2D eigenvalue weighted by atomic mass is 10.2. The van der Waals surface area contributed by atoms with E-state index in [2.05, 4.69) is 30.0 Å². The average Bonchev–Trinajstić information content (AvgIpc) is 2.81. The fourth-order valence-corrected chi connectivity index (χ4v) is 3.53. The number of β-amino-alcohol motifs (C(OH)–C–C–N with tert-alkyl or cyclic N) is 1. The summed E-state index contributed by atoms with van der Waals surface area (Å²) in [4.78, 5) is 12.1. The molecule has 1 aromatic rings. The van der Waals surface area contributed by atoms with Gasteiger partial charge in [-0.3, -0.25) is 0 Å². The van der Waals surface area contributed by atoms with E-state index in [1.807, 2.05) is 0 Å². The zero-order valence-electron chi connectivity index (χ0n) is 10.7. The van der Waals surface area contributed by atoms with Crippen molar-refractivity contribution in [3.63, 3.8) is 0 Å². The van der Waals surface area contributed by atoms with E-state index in [-0.39, 0.29) is 19.1 Å². The second-order valence-corrected chi connectivity index (χ2v) is 10.6. The van der Waals surface area contributed by atoms with Crippen molar-refractivity contribution in [2.45, 2.75) is 31.8 Å². The van der Waals surface area contributed by atoms with Gasteiger partial charge in [0.2, 0.25) is 0 Å². The number of carboxylic acid groups (broad SMARTS) is 1. The molecule has 0 aromatic carbocycles. The Balaban J connectivity index is 2.28. The number of amides is 1. The molecule has 0 unspecified atom stereocenters. The maximum Gasteiger partial charge on any atom is 0.407 e. The van der Waals surface area contributed by atoms with Crippen LogP contribution in [0.1, 0.15) is 6.04 Å². The van der Waals surface area contributed by atoms with Crippen LogP contribution in [0.25, 0.3) is 0 Å². The van der Waals surface area contributed by atoms with Gasteiger partial charge in [-0.1, -0.05) is 24.9 Å². The third-order valence-electron chi connectivity index (χ3n) is 3.19. The number of nitrogens with zero attached hydrogens (tertiary/aromatic N) is 4. The first-order valence-electron chi connectivity index (χ1n) is 5.87. The van der Waals surface area contributed by atoms with Crippen LogP contribution in [0.2, 0.25) is 19.6 Å². The molecule has 1 aromatic heterocycles. The van der Waals surface area contributed by atoms with Crippen LogP contribution in [0.15, 0.2) is 6.20 Å². The average molecular weight is 270 g/mol. The highest BCUT2D eigenvalue weighted by Crippen LogP contribution is 2.21.